The molecule has 194 valence electrons. The zero-order valence-electron chi connectivity index (χ0n) is 26.2. The van der Waals surface area contributed by atoms with Crippen LogP contribution >= 0.6 is 0 Å². The van der Waals surface area contributed by atoms with Crippen molar-refractivity contribution in [3.8, 4) is 0 Å². The average Bonchev–Trinajstić information content (AvgIpc) is 3.68. The largest absolute Gasteiger partial charge is 0.393 e. The van der Waals surface area contributed by atoms with Gasteiger partial charge in [-0.05, 0) is 106 Å². The summed E-state index contributed by atoms with van der Waals surface area (Å²) in [5.74, 6) is 0. The highest BCUT2D eigenvalue weighted by Crippen LogP contribution is 2.40. The standard InChI is InChI=1S/C30H50O4/c1-23(13-9-15-25(3)17-19-27-29(5,21-31)33-27)11-7-8-12-24(2)14-10-16-26(4)18-20-28-30(6,22-32)34-28/h11-12,15-16,27-28,31-32H,7-10,13-14,17-22H2,1-6H3/b23-11+,24-12+,25-15+,26-16+/t27-,28-,29-,30-/m0/s1/i21D2,22D2. The zero-order chi connectivity index (χ0) is 28.8. The number of ether oxygens (including phenoxy) is 2. The van der Waals surface area contributed by atoms with E-state index in [1.807, 2.05) is 0 Å². The molecule has 0 aromatic carbocycles. The van der Waals surface area contributed by atoms with E-state index >= 15 is 0 Å². The minimum atomic E-state index is -2.29. The number of rotatable bonds is 17. The summed E-state index contributed by atoms with van der Waals surface area (Å²) in [6, 6.07) is 0. The third kappa shape index (κ3) is 10.2. The molecule has 34 heavy (non-hydrogen) atoms. The van der Waals surface area contributed by atoms with Gasteiger partial charge in [0.15, 0.2) is 0 Å². The Morgan fingerprint density at radius 3 is 1.29 bits per heavy atom. The minimum absolute atomic E-state index is 0.216. The third-order valence-electron chi connectivity index (χ3n) is 7.15. The highest BCUT2D eigenvalue weighted by atomic mass is 16.6. The number of epoxide rings is 2. The molecule has 0 radical (unpaired) electrons. The van der Waals surface area contributed by atoms with Crippen LogP contribution in [0.3, 0.4) is 0 Å². The normalized spacial score (nSPS) is 32.7. The van der Waals surface area contributed by atoms with Gasteiger partial charge in [0.1, 0.15) is 11.2 Å². The van der Waals surface area contributed by atoms with Crippen LogP contribution in [-0.2, 0) is 9.47 Å². The van der Waals surface area contributed by atoms with Crippen molar-refractivity contribution < 1.29 is 25.2 Å². The summed E-state index contributed by atoms with van der Waals surface area (Å²) < 4.78 is 40.7. The number of allylic oxidation sites excluding steroid dienone is 8. The Hall–Kier alpha value is -1.20. The lowest BCUT2D eigenvalue weighted by Gasteiger charge is -2.04. The summed E-state index contributed by atoms with van der Waals surface area (Å²) >= 11 is 0. The number of hydrogen-bond donors (Lipinski definition) is 2. The predicted octanol–water partition coefficient (Wildman–Crippen LogP) is 6.97. The minimum Gasteiger partial charge on any atom is -0.393 e. The second kappa shape index (κ2) is 13.8. The van der Waals surface area contributed by atoms with Gasteiger partial charge < -0.3 is 19.7 Å². The van der Waals surface area contributed by atoms with Crippen molar-refractivity contribution in [2.24, 2.45) is 0 Å². The molecule has 2 fully saturated rings. The molecule has 2 N–H and O–H groups in total. The van der Waals surface area contributed by atoms with Crippen molar-refractivity contribution >= 4 is 0 Å². The molecule has 2 aliphatic heterocycles. The lowest BCUT2D eigenvalue weighted by Crippen LogP contribution is -2.14. The summed E-state index contributed by atoms with van der Waals surface area (Å²) in [5, 5.41) is 19.1. The van der Waals surface area contributed by atoms with Crippen LogP contribution < -0.4 is 0 Å². The van der Waals surface area contributed by atoms with E-state index in [0.717, 1.165) is 64.2 Å². The van der Waals surface area contributed by atoms with Gasteiger partial charge >= 0.3 is 0 Å². The first kappa shape index (κ1) is 23.2. The van der Waals surface area contributed by atoms with Gasteiger partial charge in [0, 0.05) is 0 Å². The van der Waals surface area contributed by atoms with Crippen molar-refractivity contribution in [3.63, 3.8) is 0 Å². The summed E-state index contributed by atoms with van der Waals surface area (Å²) in [5.41, 5.74) is 3.23. The number of unbranched alkanes of at least 4 members (excludes halogenated alkanes) is 1. The Kier molecular flexibility index (Phi) is 9.40. The van der Waals surface area contributed by atoms with Crippen molar-refractivity contribution in [3.05, 3.63) is 46.6 Å². The first-order chi connectivity index (χ1) is 17.5. The van der Waals surface area contributed by atoms with E-state index in [-0.39, 0.29) is 12.2 Å². The Labute approximate surface area is 214 Å². The van der Waals surface area contributed by atoms with Crippen molar-refractivity contribution in [2.75, 3.05) is 13.1 Å². The van der Waals surface area contributed by atoms with E-state index in [1.54, 1.807) is 13.8 Å². The van der Waals surface area contributed by atoms with Gasteiger partial charge in [0.2, 0.25) is 0 Å². The Bertz CT molecular complexity index is 838. The van der Waals surface area contributed by atoms with Crippen molar-refractivity contribution in [2.45, 2.75) is 129 Å². The molecule has 0 aromatic rings. The molecule has 2 heterocycles. The van der Waals surface area contributed by atoms with E-state index < -0.39 is 24.3 Å². The molecule has 0 unspecified atom stereocenters. The number of hydrogen-bond acceptors (Lipinski definition) is 4. The SMILES string of the molecule is [2H]C([2H])(O)[C@]1(C)O[C@H]1CC/C(C)=C/CC/C(C)=C/CC/C=C(\C)CC/C=C(\C)CC[C@@H]1O[C@@]1(C)C([2H])([2H])O. The molecule has 0 spiro atoms. The number of aliphatic hydroxyl groups is 2. The van der Waals surface area contributed by atoms with Crippen LogP contribution in [0, 0.1) is 0 Å². The smallest absolute Gasteiger partial charge is 0.115 e. The monoisotopic (exact) mass is 478 g/mol. The van der Waals surface area contributed by atoms with Gasteiger partial charge in [0.25, 0.3) is 0 Å². The van der Waals surface area contributed by atoms with Crippen molar-refractivity contribution in [1.29, 1.82) is 0 Å². The van der Waals surface area contributed by atoms with Gasteiger partial charge in [-0.15, -0.1) is 0 Å². The second-order valence-corrected chi connectivity index (χ2v) is 10.6. The fourth-order valence-electron chi connectivity index (χ4n) is 4.27. The average molecular weight is 479 g/mol. The summed E-state index contributed by atoms with van der Waals surface area (Å²) in [6.45, 7) is 7.25. The predicted molar refractivity (Wildman–Crippen MR) is 142 cm³/mol. The molecule has 0 bridgehead atoms. The maximum Gasteiger partial charge on any atom is 0.115 e. The van der Waals surface area contributed by atoms with Crippen LogP contribution in [0.15, 0.2) is 46.6 Å². The Morgan fingerprint density at radius 1 is 0.647 bits per heavy atom. The van der Waals surface area contributed by atoms with Crippen LogP contribution in [0.2, 0.25) is 0 Å². The molecule has 2 saturated heterocycles. The van der Waals surface area contributed by atoms with Gasteiger partial charge in [-0.1, -0.05) is 46.6 Å². The lowest BCUT2D eigenvalue weighted by molar-refractivity contribution is 0.184. The summed E-state index contributed by atoms with van der Waals surface area (Å²) in [7, 11) is 0. The molecule has 2 rings (SSSR count). The fraction of sp³-hybridized carbons (Fsp3) is 0.733. The highest BCUT2D eigenvalue weighted by Gasteiger charge is 2.51. The molecular weight excluding hydrogens is 424 g/mol. The summed E-state index contributed by atoms with van der Waals surface area (Å²) in [4.78, 5) is 0. The molecule has 0 aliphatic carbocycles. The Morgan fingerprint density at radius 2 is 0.971 bits per heavy atom. The van der Waals surface area contributed by atoms with E-state index in [1.165, 1.54) is 22.3 Å². The van der Waals surface area contributed by atoms with Gasteiger partial charge in [0.05, 0.1) is 30.8 Å². The quantitative estimate of drug-likeness (QED) is 0.135. The van der Waals surface area contributed by atoms with Crippen LogP contribution in [0.25, 0.3) is 0 Å². The molecule has 4 nitrogen and oxygen atoms in total. The van der Waals surface area contributed by atoms with Gasteiger partial charge in [-0.25, -0.2) is 0 Å². The molecule has 0 saturated carbocycles. The fourth-order valence-corrected chi connectivity index (χ4v) is 4.27. The van der Waals surface area contributed by atoms with Crippen LogP contribution in [0.4, 0.5) is 0 Å². The topological polar surface area (TPSA) is 65.5 Å². The maximum atomic E-state index is 9.56. The van der Waals surface area contributed by atoms with Crippen LogP contribution in [0.1, 0.15) is 111 Å². The first-order valence-corrected chi connectivity index (χ1v) is 12.9. The molecule has 4 atom stereocenters. The third-order valence-corrected chi connectivity index (χ3v) is 7.15. The molecule has 0 aromatic heterocycles. The van der Waals surface area contributed by atoms with E-state index in [9.17, 15) is 10.2 Å². The molecule has 0 amide bonds. The Balaban J connectivity index is 1.56. The van der Waals surface area contributed by atoms with Gasteiger partial charge in [-0.2, -0.15) is 0 Å². The van der Waals surface area contributed by atoms with E-state index in [4.69, 9.17) is 15.0 Å². The maximum absolute atomic E-state index is 9.56. The van der Waals surface area contributed by atoms with Crippen LogP contribution in [0.5, 0.6) is 0 Å². The lowest BCUT2D eigenvalue weighted by atomic mass is 10.0. The van der Waals surface area contributed by atoms with Crippen LogP contribution in [-0.4, -0.2) is 46.7 Å². The second-order valence-electron chi connectivity index (χ2n) is 10.6. The van der Waals surface area contributed by atoms with Gasteiger partial charge in [-0.3, -0.25) is 0 Å². The highest BCUT2D eigenvalue weighted by molar-refractivity contribution is 5.08. The zero-order valence-corrected chi connectivity index (χ0v) is 22.2. The summed E-state index contributed by atoms with van der Waals surface area (Å²) in [6.07, 6.45) is 18.1. The molecule has 4 heteroatoms. The van der Waals surface area contributed by atoms with E-state index in [0.29, 0.717) is 0 Å². The first-order valence-electron chi connectivity index (χ1n) is 14.9. The molecular formula is C30H50O4. The van der Waals surface area contributed by atoms with Crippen molar-refractivity contribution in [1.82, 2.24) is 0 Å². The van der Waals surface area contributed by atoms with E-state index in [2.05, 4.69) is 52.0 Å². The molecule has 2 aliphatic rings.